The monoisotopic (exact) mass is 207 g/mol. The zero-order chi connectivity index (χ0) is 11.3. The lowest BCUT2D eigenvalue weighted by Gasteiger charge is -2.12. The molecule has 15 heavy (non-hydrogen) atoms. The summed E-state index contributed by atoms with van der Waals surface area (Å²) in [6.45, 7) is 2.35. The Bertz CT molecular complexity index is 319. The molecule has 1 rings (SSSR count). The molecule has 0 heterocycles. The van der Waals surface area contributed by atoms with Crippen LogP contribution in [0, 0.1) is 12.8 Å². The normalized spacial score (nSPS) is 12.2. The summed E-state index contributed by atoms with van der Waals surface area (Å²) >= 11 is 0. The van der Waals surface area contributed by atoms with Gasteiger partial charge < -0.3 is 10.5 Å². The van der Waals surface area contributed by atoms with Gasteiger partial charge in [0.15, 0.2) is 0 Å². The van der Waals surface area contributed by atoms with E-state index in [4.69, 9.17) is 5.73 Å². The molecule has 1 aromatic carbocycles. The first-order valence-corrected chi connectivity index (χ1v) is 5.00. The molecule has 1 aromatic rings. The van der Waals surface area contributed by atoms with E-state index in [2.05, 4.69) is 4.74 Å². The Kier molecular flexibility index (Phi) is 4.31. The van der Waals surface area contributed by atoms with E-state index in [1.165, 1.54) is 12.7 Å². The Morgan fingerprint density at radius 2 is 2.00 bits per heavy atom. The summed E-state index contributed by atoms with van der Waals surface area (Å²) in [4.78, 5) is 11.3. The van der Waals surface area contributed by atoms with Crippen molar-refractivity contribution >= 4 is 5.97 Å². The lowest BCUT2D eigenvalue weighted by Crippen LogP contribution is -2.26. The van der Waals surface area contributed by atoms with Crippen molar-refractivity contribution in [3.05, 3.63) is 35.4 Å². The second kappa shape index (κ2) is 5.51. The molecule has 0 aliphatic rings. The Labute approximate surface area is 90.2 Å². The maximum Gasteiger partial charge on any atom is 0.310 e. The molecule has 0 spiro atoms. The predicted octanol–water partition coefficient (Wildman–Crippen LogP) is 1.29. The minimum atomic E-state index is -0.238. The molecule has 3 heteroatoms. The van der Waals surface area contributed by atoms with E-state index in [9.17, 15) is 4.79 Å². The van der Waals surface area contributed by atoms with Crippen LogP contribution in [0.25, 0.3) is 0 Å². The van der Waals surface area contributed by atoms with Crippen molar-refractivity contribution in [3.8, 4) is 0 Å². The van der Waals surface area contributed by atoms with E-state index in [-0.39, 0.29) is 11.9 Å². The molecular formula is C12H17NO2. The molecule has 82 valence electrons. The molecule has 0 aromatic heterocycles. The van der Waals surface area contributed by atoms with Crippen LogP contribution in [0.5, 0.6) is 0 Å². The fourth-order valence-electron chi connectivity index (χ4n) is 1.44. The number of nitrogens with two attached hydrogens (primary N) is 1. The SMILES string of the molecule is COC(=O)[C@H](CN)Cc1ccc(C)cc1. The van der Waals surface area contributed by atoms with Crippen LogP contribution in [0.2, 0.25) is 0 Å². The molecule has 0 radical (unpaired) electrons. The fourth-order valence-corrected chi connectivity index (χ4v) is 1.44. The lowest BCUT2D eigenvalue weighted by atomic mass is 9.99. The number of hydrogen-bond donors (Lipinski definition) is 1. The van der Waals surface area contributed by atoms with E-state index < -0.39 is 0 Å². The van der Waals surface area contributed by atoms with Gasteiger partial charge in [0.2, 0.25) is 0 Å². The Balaban J connectivity index is 2.66. The Morgan fingerprint density at radius 3 is 2.47 bits per heavy atom. The zero-order valence-electron chi connectivity index (χ0n) is 9.19. The fraction of sp³-hybridized carbons (Fsp3) is 0.417. The van der Waals surface area contributed by atoms with Gasteiger partial charge in [-0.15, -0.1) is 0 Å². The van der Waals surface area contributed by atoms with E-state index in [0.29, 0.717) is 13.0 Å². The number of carbonyl (C=O) groups excluding carboxylic acids is 1. The third-order valence-corrected chi connectivity index (χ3v) is 2.42. The van der Waals surface area contributed by atoms with Gasteiger partial charge in [0, 0.05) is 6.54 Å². The number of carbonyl (C=O) groups is 1. The number of methoxy groups -OCH3 is 1. The standard InChI is InChI=1S/C12H17NO2/c1-9-3-5-10(6-4-9)7-11(8-13)12(14)15-2/h3-6,11H,7-8,13H2,1-2H3/t11-/m0/s1. The second-order valence-corrected chi connectivity index (χ2v) is 3.65. The minimum absolute atomic E-state index is 0.238. The first kappa shape index (κ1) is 11.7. The Hall–Kier alpha value is -1.35. The molecule has 0 amide bonds. The van der Waals surface area contributed by atoms with Crippen molar-refractivity contribution in [2.24, 2.45) is 11.7 Å². The summed E-state index contributed by atoms with van der Waals surface area (Å²) in [5, 5.41) is 0. The molecule has 1 atom stereocenters. The number of benzene rings is 1. The third kappa shape index (κ3) is 3.36. The van der Waals surface area contributed by atoms with Crippen LogP contribution in [0.3, 0.4) is 0 Å². The first-order valence-electron chi connectivity index (χ1n) is 5.00. The van der Waals surface area contributed by atoms with E-state index in [1.54, 1.807) is 0 Å². The third-order valence-electron chi connectivity index (χ3n) is 2.42. The predicted molar refractivity (Wildman–Crippen MR) is 59.4 cm³/mol. The quantitative estimate of drug-likeness (QED) is 0.757. The van der Waals surface area contributed by atoms with Crippen LogP contribution < -0.4 is 5.73 Å². The molecule has 0 aliphatic heterocycles. The topological polar surface area (TPSA) is 52.3 Å². The lowest BCUT2D eigenvalue weighted by molar-refractivity contribution is -0.145. The summed E-state index contributed by atoms with van der Waals surface area (Å²) in [7, 11) is 1.39. The van der Waals surface area contributed by atoms with Gasteiger partial charge in [-0.1, -0.05) is 29.8 Å². The van der Waals surface area contributed by atoms with Crippen molar-refractivity contribution < 1.29 is 9.53 Å². The van der Waals surface area contributed by atoms with Crippen molar-refractivity contribution in [3.63, 3.8) is 0 Å². The van der Waals surface area contributed by atoms with Crippen LogP contribution in [0.15, 0.2) is 24.3 Å². The van der Waals surface area contributed by atoms with Gasteiger partial charge in [-0.2, -0.15) is 0 Å². The van der Waals surface area contributed by atoms with E-state index in [0.717, 1.165) is 5.56 Å². The van der Waals surface area contributed by atoms with E-state index >= 15 is 0 Å². The van der Waals surface area contributed by atoms with Gasteiger partial charge >= 0.3 is 5.97 Å². The number of rotatable bonds is 4. The second-order valence-electron chi connectivity index (χ2n) is 3.65. The van der Waals surface area contributed by atoms with Crippen LogP contribution in [0.4, 0.5) is 0 Å². The van der Waals surface area contributed by atoms with Crippen molar-refractivity contribution in [1.82, 2.24) is 0 Å². The summed E-state index contributed by atoms with van der Waals surface area (Å²) in [5.74, 6) is -0.476. The number of esters is 1. The average molecular weight is 207 g/mol. The smallest absolute Gasteiger partial charge is 0.310 e. The van der Waals surface area contributed by atoms with Gasteiger partial charge in [-0.05, 0) is 18.9 Å². The van der Waals surface area contributed by atoms with Gasteiger partial charge in [-0.25, -0.2) is 0 Å². The Morgan fingerprint density at radius 1 is 1.40 bits per heavy atom. The van der Waals surface area contributed by atoms with Crippen LogP contribution >= 0.6 is 0 Å². The molecule has 3 nitrogen and oxygen atoms in total. The summed E-state index contributed by atoms with van der Waals surface area (Å²) in [6.07, 6.45) is 0.642. The number of hydrogen-bond acceptors (Lipinski definition) is 3. The van der Waals surface area contributed by atoms with Crippen molar-refractivity contribution in [2.45, 2.75) is 13.3 Å². The first-order chi connectivity index (χ1) is 7.17. The molecular weight excluding hydrogens is 190 g/mol. The summed E-state index contributed by atoms with van der Waals surface area (Å²) < 4.78 is 4.68. The highest BCUT2D eigenvalue weighted by Gasteiger charge is 2.17. The number of ether oxygens (including phenoxy) is 1. The highest BCUT2D eigenvalue weighted by atomic mass is 16.5. The zero-order valence-corrected chi connectivity index (χ0v) is 9.19. The molecule has 0 bridgehead atoms. The van der Waals surface area contributed by atoms with Gasteiger partial charge in [-0.3, -0.25) is 4.79 Å². The molecule has 2 N–H and O–H groups in total. The maximum atomic E-state index is 11.3. The van der Waals surface area contributed by atoms with Crippen LogP contribution in [0.1, 0.15) is 11.1 Å². The minimum Gasteiger partial charge on any atom is -0.469 e. The van der Waals surface area contributed by atoms with Crippen molar-refractivity contribution in [2.75, 3.05) is 13.7 Å². The molecule has 0 fully saturated rings. The van der Waals surface area contributed by atoms with E-state index in [1.807, 2.05) is 31.2 Å². The van der Waals surface area contributed by atoms with Crippen LogP contribution in [-0.4, -0.2) is 19.6 Å². The van der Waals surface area contributed by atoms with Crippen LogP contribution in [-0.2, 0) is 16.0 Å². The summed E-state index contributed by atoms with van der Waals surface area (Å²) in [6, 6.07) is 8.09. The average Bonchev–Trinajstić information content (AvgIpc) is 2.27. The van der Waals surface area contributed by atoms with Crippen molar-refractivity contribution in [1.29, 1.82) is 0 Å². The number of aryl methyl sites for hydroxylation is 1. The van der Waals surface area contributed by atoms with Gasteiger partial charge in [0.1, 0.15) is 0 Å². The summed E-state index contributed by atoms with van der Waals surface area (Å²) in [5.41, 5.74) is 7.85. The largest absolute Gasteiger partial charge is 0.469 e. The highest BCUT2D eigenvalue weighted by Crippen LogP contribution is 2.10. The maximum absolute atomic E-state index is 11.3. The molecule has 0 saturated heterocycles. The highest BCUT2D eigenvalue weighted by molar-refractivity contribution is 5.72. The molecule has 0 unspecified atom stereocenters. The molecule has 0 aliphatic carbocycles. The van der Waals surface area contributed by atoms with Gasteiger partial charge in [0.05, 0.1) is 13.0 Å². The molecule has 0 saturated carbocycles. The van der Waals surface area contributed by atoms with Gasteiger partial charge in [0.25, 0.3) is 0 Å².